The van der Waals surface area contributed by atoms with E-state index in [1.54, 1.807) is 7.11 Å². The van der Waals surface area contributed by atoms with Crippen molar-refractivity contribution in [3.8, 4) is 0 Å². The van der Waals surface area contributed by atoms with E-state index in [0.29, 0.717) is 0 Å². The summed E-state index contributed by atoms with van der Waals surface area (Å²) in [6.07, 6.45) is 0.750. The molecule has 0 amide bonds. The van der Waals surface area contributed by atoms with Crippen LogP contribution in [0.4, 0.5) is 0 Å². The first-order valence-corrected chi connectivity index (χ1v) is 3.86. The Labute approximate surface area is 71.6 Å². The van der Waals surface area contributed by atoms with E-state index in [9.17, 15) is 0 Å². The molecule has 0 bridgehead atoms. The Bertz CT molecular complexity index is 50.3. The van der Waals surface area contributed by atoms with Gasteiger partial charge in [0.25, 0.3) is 0 Å². The molecule has 0 fully saturated rings. The Morgan fingerprint density at radius 3 is 2.00 bits per heavy atom. The Morgan fingerprint density at radius 1 is 1.55 bits per heavy atom. The fraction of sp³-hybridized carbons (Fsp3) is 0.875. The molecular formula is C8H23NO2. The number of rotatable bonds is 3. The highest BCUT2D eigenvalue weighted by Gasteiger charge is 1.72. The van der Waals surface area contributed by atoms with E-state index in [-0.39, 0.29) is 1.43 Å². The number of hydrogen-bond donors (Lipinski definition) is 1. The number of aldehydes is 1. The Hall–Kier alpha value is -0.410. The van der Waals surface area contributed by atoms with E-state index >= 15 is 0 Å². The molecule has 0 aromatic heterocycles. The monoisotopic (exact) mass is 165 g/mol. The summed E-state index contributed by atoms with van der Waals surface area (Å²) in [6, 6.07) is 0. The van der Waals surface area contributed by atoms with Gasteiger partial charge in [-0.1, -0.05) is 13.8 Å². The quantitative estimate of drug-likeness (QED) is 0.506. The summed E-state index contributed by atoms with van der Waals surface area (Å²) in [5.74, 6) is 0. The molecule has 0 heterocycles. The average Bonchev–Trinajstić information content (AvgIpc) is 2.06. The van der Waals surface area contributed by atoms with Gasteiger partial charge in [0.15, 0.2) is 0 Å². The molecule has 72 valence electrons. The van der Waals surface area contributed by atoms with Crippen LogP contribution in [-0.2, 0) is 9.53 Å². The van der Waals surface area contributed by atoms with Gasteiger partial charge in [-0.15, -0.1) is 0 Å². The van der Waals surface area contributed by atoms with Crippen molar-refractivity contribution in [3.05, 3.63) is 0 Å². The summed E-state index contributed by atoms with van der Waals surface area (Å²) in [7, 11) is 3.59. The predicted octanol–water partition coefficient (Wildman–Crippen LogP) is 1.33. The van der Waals surface area contributed by atoms with Crippen LogP contribution in [0.15, 0.2) is 0 Å². The molecule has 0 saturated heterocycles. The van der Waals surface area contributed by atoms with Gasteiger partial charge < -0.3 is 14.8 Å². The largest absolute Gasteiger partial charge is 0.383 e. The summed E-state index contributed by atoms with van der Waals surface area (Å²) in [6.45, 7) is 7.19. The van der Waals surface area contributed by atoms with Crippen molar-refractivity contribution in [1.29, 1.82) is 0 Å². The summed E-state index contributed by atoms with van der Waals surface area (Å²) < 4.78 is 4.72. The Morgan fingerprint density at radius 2 is 1.91 bits per heavy atom. The molecule has 0 aliphatic heterocycles. The first kappa shape index (κ1) is 16.9. The van der Waals surface area contributed by atoms with Gasteiger partial charge in [0, 0.05) is 15.1 Å². The minimum Gasteiger partial charge on any atom is -0.383 e. The standard InChI is InChI=1S/C4H11NO.C2H4O.C2H6.H2/c1-5-3-4-6-2;1-2-3;1-2;/h5H,3-4H2,1-2H3;2H,1H3;1-2H3;1H. The molecule has 0 atom stereocenters. The molecule has 3 heteroatoms. The molecule has 0 unspecified atom stereocenters. The van der Waals surface area contributed by atoms with Crippen LogP contribution in [0, 0.1) is 0 Å². The highest BCUT2D eigenvalue weighted by Crippen LogP contribution is 1.57. The SMILES string of the molecule is CC.CC=O.CNCCOC.[HH]. The molecule has 11 heavy (non-hydrogen) atoms. The van der Waals surface area contributed by atoms with E-state index in [2.05, 4.69) is 5.32 Å². The van der Waals surface area contributed by atoms with Gasteiger partial charge in [-0.3, -0.25) is 0 Å². The second-order valence-corrected chi connectivity index (χ2v) is 1.33. The third kappa shape index (κ3) is 82.4. The number of carbonyl (C=O) groups is 1. The summed E-state index contributed by atoms with van der Waals surface area (Å²) in [5.41, 5.74) is 0. The molecule has 3 nitrogen and oxygen atoms in total. The van der Waals surface area contributed by atoms with Crippen LogP contribution in [0.1, 0.15) is 22.2 Å². The number of carbonyl (C=O) groups excluding carboxylic acids is 1. The Balaban J connectivity index is -0.0000000462. The molecular weight excluding hydrogens is 142 g/mol. The lowest BCUT2D eigenvalue weighted by atomic mass is 10.7. The molecule has 0 aliphatic rings. The van der Waals surface area contributed by atoms with Crippen LogP contribution < -0.4 is 5.32 Å². The fourth-order valence-electron chi connectivity index (χ4n) is 0.204. The van der Waals surface area contributed by atoms with E-state index in [0.717, 1.165) is 19.4 Å². The summed E-state index contributed by atoms with van der Waals surface area (Å²) in [5, 5.41) is 2.94. The molecule has 0 aliphatic carbocycles. The summed E-state index contributed by atoms with van der Waals surface area (Å²) in [4.78, 5) is 8.81. The highest BCUT2D eigenvalue weighted by atomic mass is 16.5. The normalized spacial score (nSPS) is 6.64. The van der Waals surface area contributed by atoms with Crippen molar-refractivity contribution < 1.29 is 11.0 Å². The second kappa shape index (κ2) is 33.6. The van der Waals surface area contributed by atoms with Gasteiger partial charge in [-0.25, -0.2) is 0 Å². The zero-order valence-electron chi connectivity index (χ0n) is 8.31. The number of hydrogen-bond acceptors (Lipinski definition) is 3. The maximum Gasteiger partial charge on any atom is 0.116 e. The Kier molecular flexibility index (Phi) is 51.6. The van der Waals surface area contributed by atoms with Gasteiger partial charge in [0.1, 0.15) is 6.29 Å². The van der Waals surface area contributed by atoms with E-state index < -0.39 is 0 Å². The molecule has 0 spiro atoms. The molecule has 0 aromatic carbocycles. The molecule has 0 rings (SSSR count). The lowest BCUT2D eigenvalue weighted by Gasteiger charge is -1.92. The van der Waals surface area contributed by atoms with E-state index in [1.165, 1.54) is 6.92 Å². The van der Waals surface area contributed by atoms with Crippen LogP contribution >= 0.6 is 0 Å². The van der Waals surface area contributed by atoms with Crippen LogP contribution in [0.5, 0.6) is 0 Å². The third-order valence-corrected chi connectivity index (χ3v) is 0.556. The lowest BCUT2D eigenvalue weighted by molar-refractivity contribution is -0.106. The minimum absolute atomic E-state index is 0. The van der Waals surface area contributed by atoms with Crippen molar-refractivity contribution in [2.75, 3.05) is 27.3 Å². The first-order chi connectivity index (χ1) is 5.33. The number of likely N-dealkylation sites (N-methyl/N-ethyl adjacent to an activating group) is 1. The molecule has 0 aromatic rings. The smallest absolute Gasteiger partial charge is 0.116 e. The number of ether oxygens (including phenoxy) is 1. The van der Waals surface area contributed by atoms with E-state index in [4.69, 9.17) is 9.53 Å². The number of nitrogens with one attached hydrogen (secondary N) is 1. The van der Waals surface area contributed by atoms with Crippen molar-refractivity contribution in [1.82, 2.24) is 5.32 Å². The van der Waals surface area contributed by atoms with Crippen LogP contribution in [0.3, 0.4) is 0 Å². The molecule has 1 N–H and O–H groups in total. The van der Waals surface area contributed by atoms with Crippen molar-refractivity contribution in [2.24, 2.45) is 0 Å². The molecule has 0 saturated carbocycles. The predicted molar refractivity (Wildman–Crippen MR) is 51.0 cm³/mol. The van der Waals surface area contributed by atoms with Gasteiger partial charge in [-0.2, -0.15) is 0 Å². The fourth-order valence-corrected chi connectivity index (χ4v) is 0.204. The third-order valence-electron chi connectivity index (χ3n) is 0.556. The van der Waals surface area contributed by atoms with Gasteiger partial charge in [-0.05, 0) is 14.0 Å². The van der Waals surface area contributed by atoms with E-state index in [1.807, 2.05) is 20.9 Å². The van der Waals surface area contributed by atoms with Gasteiger partial charge in [0.05, 0.1) is 6.61 Å². The molecule has 0 radical (unpaired) electrons. The van der Waals surface area contributed by atoms with Crippen LogP contribution in [0.2, 0.25) is 0 Å². The topological polar surface area (TPSA) is 38.3 Å². The van der Waals surface area contributed by atoms with Crippen LogP contribution in [0.25, 0.3) is 0 Å². The van der Waals surface area contributed by atoms with Crippen molar-refractivity contribution >= 4 is 6.29 Å². The summed E-state index contributed by atoms with van der Waals surface area (Å²) >= 11 is 0. The van der Waals surface area contributed by atoms with Crippen molar-refractivity contribution in [2.45, 2.75) is 20.8 Å². The second-order valence-electron chi connectivity index (χ2n) is 1.33. The minimum atomic E-state index is 0. The van der Waals surface area contributed by atoms with Crippen LogP contribution in [-0.4, -0.2) is 33.6 Å². The maximum absolute atomic E-state index is 8.81. The van der Waals surface area contributed by atoms with Crippen molar-refractivity contribution in [3.63, 3.8) is 0 Å². The number of methoxy groups -OCH3 is 1. The zero-order chi connectivity index (χ0) is 9.54. The zero-order valence-corrected chi connectivity index (χ0v) is 8.31. The maximum atomic E-state index is 8.81. The van der Waals surface area contributed by atoms with Gasteiger partial charge >= 0.3 is 0 Å². The lowest BCUT2D eigenvalue weighted by Crippen LogP contribution is -2.12. The highest BCUT2D eigenvalue weighted by molar-refractivity contribution is 5.44. The first-order valence-electron chi connectivity index (χ1n) is 3.86. The average molecular weight is 165 g/mol. The van der Waals surface area contributed by atoms with Gasteiger partial charge in [0.2, 0.25) is 0 Å².